The van der Waals surface area contributed by atoms with Crippen LogP contribution >= 0.6 is 27.7 Å². The largest absolute Gasteiger partial charge is 0.496 e. The molecule has 0 fully saturated rings. The van der Waals surface area contributed by atoms with Gasteiger partial charge in [0.1, 0.15) is 5.75 Å². The van der Waals surface area contributed by atoms with Crippen molar-refractivity contribution >= 4 is 39.8 Å². The number of nitrogens with zero attached hydrogens (tertiary/aromatic N) is 5. The second-order valence-electron chi connectivity index (χ2n) is 6.68. The monoisotopic (exact) mass is 522 g/mol. The minimum Gasteiger partial charge on any atom is -0.496 e. The molecule has 0 unspecified atom stereocenters. The molecule has 166 valence electrons. The molecule has 33 heavy (non-hydrogen) atoms. The van der Waals surface area contributed by atoms with Crippen molar-refractivity contribution in [1.29, 1.82) is 0 Å². The lowest BCUT2D eigenvalue weighted by Gasteiger charge is -2.10. The highest BCUT2D eigenvalue weighted by Gasteiger charge is 2.17. The summed E-state index contributed by atoms with van der Waals surface area (Å²) in [6.07, 6.45) is 4.96. The van der Waals surface area contributed by atoms with Gasteiger partial charge in [0.25, 0.3) is 5.91 Å². The Bertz CT molecular complexity index is 1260. The third-order valence-electron chi connectivity index (χ3n) is 4.52. The molecule has 0 aliphatic carbocycles. The van der Waals surface area contributed by atoms with E-state index in [4.69, 9.17) is 4.74 Å². The summed E-state index contributed by atoms with van der Waals surface area (Å²) >= 11 is 4.74. The number of para-hydroxylation sites is 1. The third kappa shape index (κ3) is 5.65. The first-order valence-corrected chi connectivity index (χ1v) is 11.6. The number of carbonyl (C=O) groups is 1. The molecule has 0 aliphatic heterocycles. The predicted octanol–water partition coefficient (Wildman–Crippen LogP) is 4.34. The number of halogens is 1. The van der Waals surface area contributed by atoms with Crippen molar-refractivity contribution < 1.29 is 9.53 Å². The number of hydrogen-bond acceptors (Lipinski definition) is 7. The highest BCUT2D eigenvalue weighted by atomic mass is 79.9. The maximum atomic E-state index is 12.4. The number of benzene rings is 2. The van der Waals surface area contributed by atoms with Crippen molar-refractivity contribution in [2.45, 2.75) is 5.16 Å². The zero-order valence-electron chi connectivity index (χ0n) is 17.6. The Morgan fingerprint density at radius 2 is 1.88 bits per heavy atom. The number of hydrazone groups is 1. The molecule has 0 saturated heterocycles. The van der Waals surface area contributed by atoms with Gasteiger partial charge in [-0.15, -0.1) is 10.2 Å². The van der Waals surface area contributed by atoms with E-state index < -0.39 is 0 Å². The van der Waals surface area contributed by atoms with Crippen LogP contribution in [0.25, 0.3) is 17.1 Å². The zero-order valence-corrected chi connectivity index (χ0v) is 20.0. The maximum Gasteiger partial charge on any atom is 0.250 e. The molecule has 2 aromatic carbocycles. The number of carbonyl (C=O) groups excluding carboxylic acids is 1. The van der Waals surface area contributed by atoms with Crippen LogP contribution < -0.4 is 10.2 Å². The predicted molar refractivity (Wildman–Crippen MR) is 132 cm³/mol. The smallest absolute Gasteiger partial charge is 0.250 e. The molecule has 0 saturated carbocycles. The van der Waals surface area contributed by atoms with E-state index in [2.05, 4.69) is 41.6 Å². The van der Waals surface area contributed by atoms with Crippen LogP contribution in [0.3, 0.4) is 0 Å². The first kappa shape index (κ1) is 22.7. The highest BCUT2D eigenvalue weighted by Crippen LogP contribution is 2.28. The second kappa shape index (κ2) is 10.9. The third-order valence-corrected chi connectivity index (χ3v) is 5.98. The molecular weight excluding hydrogens is 504 g/mol. The van der Waals surface area contributed by atoms with Crippen molar-refractivity contribution in [1.82, 2.24) is 25.2 Å². The number of thioether (sulfide) groups is 1. The molecule has 10 heteroatoms. The van der Waals surface area contributed by atoms with E-state index in [1.54, 1.807) is 25.7 Å². The van der Waals surface area contributed by atoms with E-state index in [-0.39, 0.29) is 11.7 Å². The van der Waals surface area contributed by atoms with Crippen LogP contribution in [-0.2, 0) is 4.79 Å². The van der Waals surface area contributed by atoms with Crippen molar-refractivity contribution in [2.75, 3.05) is 12.9 Å². The lowest BCUT2D eigenvalue weighted by atomic mass is 10.2. The molecule has 0 aliphatic rings. The van der Waals surface area contributed by atoms with Crippen LogP contribution in [0.1, 0.15) is 5.56 Å². The topological polar surface area (TPSA) is 94.3 Å². The standard InChI is InChI=1S/C23H19BrN6O2S/c1-32-20-5-3-2-4-17(20)14-26-27-21(31)15-33-23-29-28-22(16-10-12-25-13-11-16)30(23)19-8-6-18(24)7-9-19/h2-14H,15H2,1H3,(H,27,31). The van der Waals surface area contributed by atoms with Crippen molar-refractivity contribution in [3.05, 3.63) is 83.1 Å². The molecule has 0 bridgehead atoms. The van der Waals surface area contributed by atoms with Gasteiger partial charge in [-0.05, 0) is 48.5 Å². The van der Waals surface area contributed by atoms with Crippen molar-refractivity contribution in [2.24, 2.45) is 5.10 Å². The van der Waals surface area contributed by atoms with Gasteiger partial charge in [0.2, 0.25) is 0 Å². The number of nitrogens with one attached hydrogen (secondary N) is 1. The summed E-state index contributed by atoms with van der Waals surface area (Å²) in [5.41, 5.74) is 5.06. The van der Waals surface area contributed by atoms with Crippen molar-refractivity contribution in [3.63, 3.8) is 0 Å². The van der Waals surface area contributed by atoms with Crippen LogP contribution in [0.2, 0.25) is 0 Å². The first-order valence-electron chi connectivity index (χ1n) is 9.85. The van der Waals surface area contributed by atoms with E-state index >= 15 is 0 Å². The fraction of sp³-hybridized carbons (Fsp3) is 0.0870. The molecule has 4 rings (SSSR count). The second-order valence-corrected chi connectivity index (χ2v) is 8.54. The van der Waals surface area contributed by atoms with E-state index in [0.717, 1.165) is 21.3 Å². The van der Waals surface area contributed by atoms with Crippen LogP contribution in [0, 0.1) is 0 Å². The SMILES string of the molecule is COc1ccccc1C=NNC(=O)CSc1nnc(-c2ccncc2)n1-c1ccc(Br)cc1. The summed E-state index contributed by atoms with van der Waals surface area (Å²) in [6.45, 7) is 0. The minimum absolute atomic E-state index is 0.119. The van der Waals surface area contributed by atoms with Crippen molar-refractivity contribution in [3.8, 4) is 22.8 Å². The Morgan fingerprint density at radius 3 is 2.64 bits per heavy atom. The molecule has 1 N–H and O–H groups in total. The Balaban J connectivity index is 1.50. The molecule has 2 aromatic heterocycles. The van der Waals surface area contributed by atoms with E-state index in [1.807, 2.05) is 65.2 Å². The summed E-state index contributed by atoms with van der Waals surface area (Å²) in [5.74, 6) is 1.20. The number of rotatable bonds is 8. The number of methoxy groups -OCH3 is 1. The molecule has 4 aromatic rings. The molecule has 2 heterocycles. The van der Waals surface area contributed by atoms with Gasteiger partial charge in [-0.1, -0.05) is 39.8 Å². The van der Waals surface area contributed by atoms with Gasteiger partial charge in [-0.2, -0.15) is 5.10 Å². The fourth-order valence-corrected chi connectivity index (χ4v) is 3.99. The van der Waals surface area contributed by atoms with Gasteiger partial charge in [0.05, 0.1) is 19.1 Å². The van der Waals surface area contributed by atoms with Crippen LogP contribution in [0.4, 0.5) is 0 Å². The Morgan fingerprint density at radius 1 is 1.12 bits per heavy atom. The quantitative estimate of drug-likeness (QED) is 0.210. The molecule has 1 amide bonds. The summed E-state index contributed by atoms with van der Waals surface area (Å²) in [6, 6.07) is 19.0. The summed E-state index contributed by atoms with van der Waals surface area (Å²) < 4.78 is 8.16. The molecule has 0 atom stereocenters. The van der Waals surface area contributed by atoms with Gasteiger partial charge in [0.15, 0.2) is 11.0 Å². The fourth-order valence-electron chi connectivity index (χ4n) is 2.98. The molecule has 8 nitrogen and oxygen atoms in total. The van der Waals surface area contributed by atoms with Crippen LogP contribution in [0.15, 0.2) is 87.8 Å². The molecular formula is C23H19BrN6O2S. The number of ether oxygens (including phenoxy) is 1. The number of amides is 1. The van der Waals surface area contributed by atoms with E-state index in [9.17, 15) is 4.79 Å². The Labute approximate surface area is 203 Å². The number of pyridine rings is 1. The van der Waals surface area contributed by atoms with Gasteiger partial charge < -0.3 is 4.74 Å². The Kier molecular flexibility index (Phi) is 7.48. The van der Waals surface area contributed by atoms with E-state index in [0.29, 0.717) is 16.7 Å². The first-order chi connectivity index (χ1) is 16.2. The number of aromatic nitrogens is 4. The minimum atomic E-state index is -0.262. The average Bonchev–Trinajstić information content (AvgIpc) is 3.28. The average molecular weight is 523 g/mol. The van der Waals surface area contributed by atoms with Crippen LogP contribution in [-0.4, -0.2) is 44.7 Å². The van der Waals surface area contributed by atoms with Gasteiger partial charge in [0, 0.05) is 33.7 Å². The molecule has 0 spiro atoms. The summed E-state index contributed by atoms with van der Waals surface area (Å²) in [7, 11) is 1.59. The van der Waals surface area contributed by atoms with Gasteiger partial charge in [-0.25, -0.2) is 5.43 Å². The highest BCUT2D eigenvalue weighted by molar-refractivity contribution is 9.10. The van der Waals surface area contributed by atoms with Gasteiger partial charge >= 0.3 is 0 Å². The van der Waals surface area contributed by atoms with Crippen LogP contribution in [0.5, 0.6) is 5.75 Å². The molecule has 0 radical (unpaired) electrons. The number of hydrogen-bond donors (Lipinski definition) is 1. The zero-order chi connectivity index (χ0) is 23.0. The summed E-state index contributed by atoms with van der Waals surface area (Å²) in [5, 5.41) is 13.3. The Hall–Kier alpha value is -3.50. The normalized spacial score (nSPS) is 11.0. The van der Waals surface area contributed by atoms with E-state index in [1.165, 1.54) is 11.8 Å². The maximum absolute atomic E-state index is 12.4. The van der Waals surface area contributed by atoms with Gasteiger partial charge in [-0.3, -0.25) is 14.3 Å². The lowest BCUT2D eigenvalue weighted by Crippen LogP contribution is -2.20. The lowest BCUT2D eigenvalue weighted by molar-refractivity contribution is -0.118. The summed E-state index contributed by atoms with van der Waals surface area (Å²) in [4.78, 5) is 16.5.